The quantitative estimate of drug-likeness (QED) is 0.334. The van der Waals surface area contributed by atoms with Crippen molar-refractivity contribution in [2.24, 2.45) is 5.84 Å². The van der Waals surface area contributed by atoms with E-state index >= 15 is 0 Å². The highest BCUT2D eigenvalue weighted by molar-refractivity contribution is 6.30. The molecule has 0 saturated heterocycles. The van der Waals surface area contributed by atoms with E-state index < -0.39 is 30.1 Å². The molecule has 4 rings (SSSR count). The predicted octanol–water partition coefficient (Wildman–Crippen LogP) is 3.80. The number of benzene rings is 2. The van der Waals surface area contributed by atoms with E-state index in [1.165, 1.54) is 25.3 Å². The lowest BCUT2D eigenvalue weighted by molar-refractivity contribution is -0.146. The van der Waals surface area contributed by atoms with Gasteiger partial charge in [0.15, 0.2) is 5.82 Å². The lowest BCUT2D eigenvalue weighted by Gasteiger charge is -2.24. The molecular formula is C21H19ClF3N5O3. The number of alkyl halides is 3. The highest BCUT2D eigenvalue weighted by Crippen LogP contribution is 2.45. The van der Waals surface area contributed by atoms with Crippen molar-refractivity contribution in [2.45, 2.75) is 31.7 Å². The van der Waals surface area contributed by atoms with Crippen LogP contribution < -0.4 is 16.0 Å². The number of amides is 1. The maximum Gasteiger partial charge on any atom is 0.452 e. The van der Waals surface area contributed by atoms with Gasteiger partial charge < -0.3 is 9.47 Å². The van der Waals surface area contributed by atoms with Crippen molar-refractivity contribution in [3.8, 4) is 11.4 Å². The molecule has 0 radical (unpaired) electrons. The largest absolute Gasteiger partial charge is 0.496 e. The van der Waals surface area contributed by atoms with Crippen LogP contribution in [0.1, 0.15) is 47.0 Å². The molecule has 0 fully saturated rings. The van der Waals surface area contributed by atoms with Crippen LogP contribution in [-0.4, -0.2) is 27.8 Å². The van der Waals surface area contributed by atoms with Crippen LogP contribution in [0.3, 0.4) is 0 Å². The van der Waals surface area contributed by atoms with Crippen LogP contribution in [-0.2, 0) is 15.7 Å². The maximum atomic E-state index is 13.8. The van der Waals surface area contributed by atoms with Crippen LogP contribution in [0.4, 0.5) is 13.2 Å². The lowest BCUT2D eigenvalue weighted by Crippen LogP contribution is -2.32. The average Bonchev–Trinajstić information content (AvgIpc) is 3.18. The number of halogens is 4. The number of nitrogens with zero attached hydrogens (tertiary/aromatic N) is 3. The molecule has 0 saturated carbocycles. The Morgan fingerprint density at radius 3 is 2.70 bits per heavy atom. The fourth-order valence-corrected chi connectivity index (χ4v) is 4.09. The highest BCUT2D eigenvalue weighted by atomic mass is 35.5. The fourth-order valence-electron chi connectivity index (χ4n) is 3.91. The third-order valence-electron chi connectivity index (χ3n) is 5.40. The van der Waals surface area contributed by atoms with Crippen LogP contribution in [0, 0.1) is 6.92 Å². The van der Waals surface area contributed by atoms with Gasteiger partial charge in [-0.15, -0.1) is 10.2 Å². The first-order chi connectivity index (χ1) is 15.7. The number of carbonyl (C=O) groups excluding carboxylic acids is 1. The Kier molecular flexibility index (Phi) is 6.04. The number of fused-ring (bicyclic) bond motifs is 3. The summed E-state index contributed by atoms with van der Waals surface area (Å²) < 4.78 is 54.1. The van der Waals surface area contributed by atoms with Crippen molar-refractivity contribution in [3.63, 3.8) is 0 Å². The Balaban J connectivity index is 2.01. The molecule has 2 atom stereocenters. The molecule has 0 bridgehead atoms. The summed E-state index contributed by atoms with van der Waals surface area (Å²) in [4.78, 5) is 12.1. The summed E-state index contributed by atoms with van der Waals surface area (Å²) in [6.45, 7) is 1.80. The van der Waals surface area contributed by atoms with E-state index in [0.29, 0.717) is 27.5 Å². The minimum Gasteiger partial charge on any atom is -0.496 e. The highest BCUT2D eigenvalue weighted by Gasteiger charge is 2.43. The van der Waals surface area contributed by atoms with Gasteiger partial charge in [0.25, 0.3) is 0 Å². The van der Waals surface area contributed by atoms with E-state index in [1.807, 2.05) is 5.43 Å². The SMILES string of the molecule is COc1cccc(C2O[C@H](CC(=O)NN)c3nnc(C(F)(F)F)n3-c3ccc(Cl)cc32)c1C. The lowest BCUT2D eigenvalue weighted by atomic mass is 9.95. The molecule has 33 heavy (non-hydrogen) atoms. The van der Waals surface area contributed by atoms with Gasteiger partial charge in [-0.05, 0) is 42.3 Å². The Labute approximate surface area is 191 Å². The van der Waals surface area contributed by atoms with E-state index in [-0.39, 0.29) is 17.9 Å². The number of aromatic nitrogens is 3. The van der Waals surface area contributed by atoms with Crippen LogP contribution in [0.15, 0.2) is 36.4 Å². The van der Waals surface area contributed by atoms with Gasteiger partial charge in [-0.1, -0.05) is 23.7 Å². The molecule has 1 aromatic heterocycles. The summed E-state index contributed by atoms with van der Waals surface area (Å²) >= 11 is 6.23. The Morgan fingerprint density at radius 1 is 1.27 bits per heavy atom. The van der Waals surface area contributed by atoms with Crippen LogP contribution in [0.2, 0.25) is 5.02 Å². The van der Waals surface area contributed by atoms with E-state index in [9.17, 15) is 18.0 Å². The smallest absolute Gasteiger partial charge is 0.452 e. The standard InChI is InChI=1S/C21H19ClF3N5O3/c1-10-12(4-3-5-15(10)32-2)18-13-8-11(22)6-7-14(13)30-19(16(33-18)9-17(31)27-26)28-29-20(30)21(23,24)25/h3-8,16,18H,9,26H2,1-2H3,(H,27,31)/t16-,18?/m1/s1. The maximum absolute atomic E-state index is 13.8. The molecule has 12 heteroatoms. The van der Waals surface area contributed by atoms with E-state index in [1.54, 1.807) is 25.1 Å². The molecule has 1 unspecified atom stereocenters. The third-order valence-corrected chi connectivity index (χ3v) is 5.64. The number of ether oxygens (including phenoxy) is 2. The number of rotatable bonds is 4. The molecule has 0 spiro atoms. The van der Waals surface area contributed by atoms with Crippen molar-refractivity contribution >= 4 is 17.5 Å². The predicted molar refractivity (Wildman–Crippen MR) is 112 cm³/mol. The molecule has 1 amide bonds. The van der Waals surface area contributed by atoms with Crippen molar-refractivity contribution in [2.75, 3.05) is 7.11 Å². The summed E-state index contributed by atoms with van der Waals surface area (Å²) in [6.07, 6.45) is -7.28. The molecule has 3 N–H and O–H groups in total. The van der Waals surface area contributed by atoms with Crippen LogP contribution >= 0.6 is 11.6 Å². The first kappa shape index (κ1) is 23.0. The monoisotopic (exact) mass is 481 g/mol. The molecule has 174 valence electrons. The summed E-state index contributed by atoms with van der Waals surface area (Å²) in [5.41, 5.74) is 3.80. The van der Waals surface area contributed by atoms with Gasteiger partial charge in [0.2, 0.25) is 11.7 Å². The molecule has 3 aromatic rings. The number of hydrogen-bond donors (Lipinski definition) is 2. The second-order valence-electron chi connectivity index (χ2n) is 7.37. The fraction of sp³-hybridized carbons (Fsp3) is 0.286. The number of hydrazine groups is 1. The van der Waals surface area contributed by atoms with Crippen molar-refractivity contribution in [3.05, 3.63) is 69.8 Å². The molecule has 1 aliphatic rings. The summed E-state index contributed by atoms with van der Waals surface area (Å²) in [5.74, 6) is 3.72. The zero-order valence-corrected chi connectivity index (χ0v) is 18.2. The zero-order valence-electron chi connectivity index (χ0n) is 17.5. The summed E-state index contributed by atoms with van der Waals surface area (Å²) in [7, 11) is 1.51. The molecule has 1 aliphatic heterocycles. The second-order valence-corrected chi connectivity index (χ2v) is 7.81. The van der Waals surface area contributed by atoms with Gasteiger partial charge in [-0.25, -0.2) is 5.84 Å². The van der Waals surface area contributed by atoms with Crippen molar-refractivity contribution in [1.82, 2.24) is 20.2 Å². The minimum absolute atomic E-state index is 0.134. The molecule has 0 aliphatic carbocycles. The molecule has 8 nitrogen and oxygen atoms in total. The van der Waals surface area contributed by atoms with Gasteiger partial charge in [0, 0.05) is 10.6 Å². The number of hydrogen-bond acceptors (Lipinski definition) is 6. The Morgan fingerprint density at radius 2 is 2.03 bits per heavy atom. The zero-order chi connectivity index (χ0) is 23.9. The average molecular weight is 482 g/mol. The normalized spacial score (nSPS) is 17.7. The number of nitrogens with two attached hydrogens (primary N) is 1. The van der Waals surface area contributed by atoms with Gasteiger partial charge in [-0.2, -0.15) is 13.2 Å². The first-order valence-corrected chi connectivity index (χ1v) is 10.1. The number of methoxy groups -OCH3 is 1. The number of nitrogens with one attached hydrogen (secondary N) is 1. The number of carbonyl (C=O) groups is 1. The Hall–Kier alpha value is -3.15. The van der Waals surface area contributed by atoms with E-state index in [0.717, 1.165) is 4.57 Å². The van der Waals surface area contributed by atoms with Crippen molar-refractivity contribution in [1.29, 1.82) is 0 Å². The van der Waals surface area contributed by atoms with Gasteiger partial charge in [-0.3, -0.25) is 14.8 Å². The van der Waals surface area contributed by atoms with Crippen LogP contribution in [0.5, 0.6) is 5.75 Å². The van der Waals surface area contributed by atoms with Gasteiger partial charge >= 0.3 is 6.18 Å². The molecule has 2 heterocycles. The summed E-state index contributed by atoms with van der Waals surface area (Å²) in [6, 6.07) is 9.69. The van der Waals surface area contributed by atoms with Gasteiger partial charge in [0.05, 0.1) is 19.2 Å². The first-order valence-electron chi connectivity index (χ1n) is 9.76. The van der Waals surface area contributed by atoms with Crippen LogP contribution in [0.25, 0.3) is 5.69 Å². The topological polar surface area (TPSA) is 104 Å². The van der Waals surface area contributed by atoms with E-state index in [4.69, 9.17) is 26.9 Å². The summed E-state index contributed by atoms with van der Waals surface area (Å²) in [5, 5.41) is 7.39. The van der Waals surface area contributed by atoms with Gasteiger partial charge in [0.1, 0.15) is 18.0 Å². The molecule has 2 aromatic carbocycles. The van der Waals surface area contributed by atoms with E-state index in [2.05, 4.69) is 10.2 Å². The van der Waals surface area contributed by atoms with Crippen molar-refractivity contribution < 1.29 is 27.4 Å². The molecular weight excluding hydrogens is 463 g/mol. The Bertz CT molecular complexity index is 1210. The second kappa shape index (κ2) is 8.65. The minimum atomic E-state index is -4.81. The third kappa shape index (κ3) is 4.14.